The molecule has 1 N–H and O–H groups in total. The monoisotopic (exact) mass is 391 g/mol. The molecule has 0 radical (unpaired) electrons. The van der Waals surface area contributed by atoms with Gasteiger partial charge in [0.2, 0.25) is 0 Å². The number of benzene rings is 1. The normalized spacial score (nSPS) is 17.2. The first-order valence-corrected chi connectivity index (χ1v) is 8.63. The van der Waals surface area contributed by atoms with Crippen LogP contribution in [0.3, 0.4) is 0 Å². The van der Waals surface area contributed by atoms with E-state index in [0.29, 0.717) is 29.5 Å². The zero-order valence-corrected chi connectivity index (χ0v) is 15.8. The molecule has 7 heteroatoms. The molecule has 0 spiro atoms. The SMILES string of the molecule is Cc1c(C(=O)N2CCNCC2c2cccnc2)oc2ccc(Cl)cc12.Cl. The quantitative estimate of drug-likeness (QED) is 0.716. The smallest absolute Gasteiger partial charge is 0.290 e. The fraction of sp³-hybridized carbons (Fsp3) is 0.263. The van der Waals surface area contributed by atoms with Gasteiger partial charge < -0.3 is 14.6 Å². The number of halogens is 2. The Morgan fingerprint density at radius 2 is 2.23 bits per heavy atom. The molecule has 0 bridgehead atoms. The number of carbonyl (C=O) groups is 1. The van der Waals surface area contributed by atoms with Crippen LogP contribution in [-0.4, -0.2) is 35.4 Å². The molecule has 26 heavy (non-hydrogen) atoms. The van der Waals surface area contributed by atoms with Gasteiger partial charge in [-0.2, -0.15) is 0 Å². The molecule has 1 aromatic carbocycles. The van der Waals surface area contributed by atoms with Crippen LogP contribution >= 0.6 is 24.0 Å². The average molecular weight is 392 g/mol. The Morgan fingerprint density at radius 1 is 1.38 bits per heavy atom. The third-order valence-corrected chi connectivity index (χ3v) is 4.90. The van der Waals surface area contributed by atoms with Crippen LogP contribution in [0.15, 0.2) is 47.1 Å². The standard InChI is InChI=1S/C19H18ClN3O2.ClH/c1-12-15-9-14(20)4-5-17(15)25-18(12)19(24)23-8-7-22-11-16(23)13-3-2-6-21-10-13;/h2-6,9-10,16,22H,7-8,11H2,1H3;1H. The van der Waals surface area contributed by atoms with E-state index in [4.69, 9.17) is 16.0 Å². The van der Waals surface area contributed by atoms with Crippen molar-refractivity contribution in [3.05, 3.63) is 64.6 Å². The van der Waals surface area contributed by atoms with Gasteiger partial charge in [-0.3, -0.25) is 9.78 Å². The zero-order valence-electron chi connectivity index (χ0n) is 14.2. The lowest BCUT2D eigenvalue weighted by Crippen LogP contribution is -2.48. The molecule has 3 heterocycles. The molecule has 1 fully saturated rings. The molecule has 1 amide bonds. The molecule has 1 unspecified atom stereocenters. The van der Waals surface area contributed by atoms with E-state index in [1.165, 1.54) is 0 Å². The number of carbonyl (C=O) groups excluding carboxylic acids is 1. The van der Waals surface area contributed by atoms with Crippen molar-refractivity contribution in [3.63, 3.8) is 0 Å². The molecule has 136 valence electrons. The Morgan fingerprint density at radius 3 is 3.00 bits per heavy atom. The molecule has 3 aromatic rings. The van der Waals surface area contributed by atoms with E-state index in [1.54, 1.807) is 18.3 Å². The van der Waals surface area contributed by atoms with Crippen molar-refractivity contribution in [1.29, 1.82) is 0 Å². The molecule has 2 aromatic heterocycles. The first kappa shape index (κ1) is 18.7. The number of furan rings is 1. The summed E-state index contributed by atoms with van der Waals surface area (Å²) in [4.78, 5) is 19.3. The maximum Gasteiger partial charge on any atom is 0.290 e. The Labute approximate surface area is 162 Å². The van der Waals surface area contributed by atoms with Crippen molar-refractivity contribution in [2.24, 2.45) is 0 Å². The number of nitrogens with zero attached hydrogens (tertiary/aromatic N) is 2. The van der Waals surface area contributed by atoms with Gasteiger partial charge in [-0.15, -0.1) is 12.4 Å². The number of rotatable bonds is 2. The number of hydrogen-bond acceptors (Lipinski definition) is 4. The minimum atomic E-state index is -0.0971. The molecule has 0 aliphatic carbocycles. The third-order valence-electron chi connectivity index (χ3n) is 4.67. The van der Waals surface area contributed by atoms with E-state index in [-0.39, 0.29) is 24.4 Å². The van der Waals surface area contributed by atoms with Gasteiger partial charge in [-0.25, -0.2) is 0 Å². The Bertz CT molecular complexity index is 927. The lowest BCUT2D eigenvalue weighted by molar-refractivity contribution is 0.0602. The summed E-state index contributed by atoms with van der Waals surface area (Å²) >= 11 is 6.08. The van der Waals surface area contributed by atoms with Crippen molar-refractivity contribution in [3.8, 4) is 0 Å². The third kappa shape index (κ3) is 3.30. The number of pyridine rings is 1. The van der Waals surface area contributed by atoms with Crippen LogP contribution < -0.4 is 5.32 Å². The van der Waals surface area contributed by atoms with Crippen LogP contribution in [0.1, 0.15) is 27.7 Å². The molecule has 1 saturated heterocycles. The van der Waals surface area contributed by atoms with Crippen LogP contribution in [0.25, 0.3) is 11.0 Å². The molecule has 5 nitrogen and oxygen atoms in total. The van der Waals surface area contributed by atoms with Crippen molar-refractivity contribution in [2.45, 2.75) is 13.0 Å². The molecule has 4 rings (SSSR count). The second-order valence-electron chi connectivity index (χ2n) is 6.20. The molecule has 1 atom stereocenters. The minimum absolute atomic E-state index is 0. The van der Waals surface area contributed by atoms with Gasteiger partial charge in [0.15, 0.2) is 5.76 Å². The second kappa shape index (κ2) is 7.66. The highest BCUT2D eigenvalue weighted by Crippen LogP contribution is 2.31. The molecule has 1 aliphatic heterocycles. The Hall–Kier alpha value is -2.08. The lowest BCUT2D eigenvalue weighted by Gasteiger charge is -2.36. The zero-order chi connectivity index (χ0) is 17.4. The Kier molecular flexibility index (Phi) is 5.51. The van der Waals surface area contributed by atoms with Crippen molar-refractivity contribution in [2.75, 3.05) is 19.6 Å². The summed E-state index contributed by atoms with van der Waals surface area (Å²) in [7, 11) is 0. The second-order valence-corrected chi connectivity index (χ2v) is 6.64. The number of nitrogens with one attached hydrogen (secondary N) is 1. The number of aryl methyl sites for hydroxylation is 1. The van der Waals surface area contributed by atoms with Crippen LogP contribution in [0.4, 0.5) is 0 Å². The highest BCUT2D eigenvalue weighted by Gasteiger charge is 2.31. The van der Waals surface area contributed by atoms with Gasteiger partial charge in [0.25, 0.3) is 5.91 Å². The highest BCUT2D eigenvalue weighted by molar-refractivity contribution is 6.31. The predicted molar refractivity (Wildman–Crippen MR) is 104 cm³/mol. The van der Waals surface area contributed by atoms with Gasteiger partial charge in [0, 0.05) is 48.0 Å². The van der Waals surface area contributed by atoms with Crippen LogP contribution in [0.2, 0.25) is 5.02 Å². The summed E-state index contributed by atoms with van der Waals surface area (Å²) in [6.07, 6.45) is 3.54. The average Bonchev–Trinajstić information content (AvgIpc) is 2.98. The van der Waals surface area contributed by atoms with E-state index in [9.17, 15) is 4.79 Å². The van der Waals surface area contributed by atoms with Crippen LogP contribution in [0, 0.1) is 6.92 Å². The van der Waals surface area contributed by atoms with E-state index in [0.717, 1.165) is 23.1 Å². The topological polar surface area (TPSA) is 58.4 Å². The van der Waals surface area contributed by atoms with Gasteiger partial charge in [-0.05, 0) is 36.8 Å². The molecular weight excluding hydrogens is 373 g/mol. The summed E-state index contributed by atoms with van der Waals surface area (Å²) < 4.78 is 5.87. The maximum absolute atomic E-state index is 13.2. The fourth-order valence-electron chi connectivity index (χ4n) is 3.35. The minimum Gasteiger partial charge on any atom is -0.451 e. The number of hydrogen-bond donors (Lipinski definition) is 1. The van der Waals surface area contributed by atoms with E-state index < -0.39 is 0 Å². The maximum atomic E-state index is 13.2. The van der Waals surface area contributed by atoms with Gasteiger partial charge in [0.1, 0.15) is 5.58 Å². The lowest BCUT2D eigenvalue weighted by atomic mass is 10.0. The van der Waals surface area contributed by atoms with Crippen molar-refractivity contribution in [1.82, 2.24) is 15.2 Å². The largest absolute Gasteiger partial charge is 0.451 e. The van der Waals surface area contributed by atoms with Crippen molar-refractivity contribution < 1.29 is 9.21 Å². The summed E-state index contributed by atoms with van der Waals surface area (Å²) in [5.41, 5.74) is 2.52. The number of amides is 1. The van der Waals surface area contributed by atoms with Gasteiger partial charge in [0.05, 0.1) is 6.04 Å². The summed E-state index contributed by atoms with van der Waals surface area (Å²) in [6, 6.07) is 9.23. The number of piperazine rings is 1. The Balaban J connectivity index is 0.00000196. The number of fused-ring (bicyclic) bond motifs is 1. The van der Waals surface area contributed by atoms with E-state index >= 15 is 0 Å². The molecule has 1 aliphatic rings. The van der Waals surface area contributed by atoms with Gasteiger partial charge in [-0.1, -0.05) is 17.7 Å². The van der Waals surface area contributed by atoms with Crippen LogP contribution in [-0.2, 0) is 0 Å². The molecular formula is C19H19Cl2N3O2. The first-order valence-electron chi connectivity index (χ1n) is 8.25. The van der Waals surface area contributed by atoms with E-state index in [2.05, 4.69) is 10.3 Å². The van der Waals surface area contributed by atoms with Crippen LogP contribution in [0.5, 0.6) is 0 Å². The highest BCUT2D eigenvalue weighted by atomic mass is 35.5. The fourth-order valence-corrected chi connectivity index (χ4v) is 3.52. The van der Waals surface area contributed by atoms with E-state index in [1.807, 2.05) is 36.2 Å². The van der Waals surface area contributed by atoms with Gasteiger partial charge >= 0.3 is 0 Å². The van der Waals surface area contributed by atoms with Crippen molar-refractivity contribution >= 4 is 40.9 Å². The molecule has 0 saturated carbocycles. The first-order chi connectivity index (χ1) is 12.1. The summed E-state index contributed by atoms with van der Waals surface area (Å²) in [6.45, 7) is 3.97. The summed E-state index contributed by atoms with van der Waals surface area (Å²) in [5.74, 6) is 0.285. The summed E-state index contributed by atoms with van der Waals surface area (Å²) in [5, 5.41) is 4.86. The number of aromatic nitrogens is 1. The predicted octanol–water partition coefficient (Wildman–Crippen LogP) is 4.00.